The smallest absolute Gasteiger partial charge is 0.244 e. The second kappa shape index (κ2) is 9.85. The van der Waals surface area contributed by atoms with E-state index in [0.29, 0.717) is 33.7 Å². The summed E-state index contributed by atoms with van der Waals surface area (Å²) in [5.74, 6) is 0.309. The lowest BCUT2D eigenvalue weighted by Gasteiger charge is -2.15. The Labute approximate surface area is 202 Å². The van der Waals surface area contributed by atoms with Crippen LogP contribution in [0.4, 0.5) is 5.69 Å². The fourth-order valence-corrected chi connectivity index (χ4v) is 3.92. The van der Waals surface area contributed by atoms with E-state index in [0.717, 1.165) is 11.1 Å². The lowest BCUT2D eigenvalue weighted by Crippen LogP contribution is -2.24. The SMILES string of the molecule is COc1ccc(OC)c(NC(=O)Cn2cc(C(=O)c3ccc(C)cc3)c(=O)c3cc(C)ccc32)c1. The molecule has 0 aliphatic heterocycles. The number of ketones is 1. The van der Waals surface area contributed by atoms with Crippen molar-refractivity contribution in [1.82, 2.24) is 4.57 Å². The summed E-state index contributed by atoms with van der Waals surface area (Å²) in [6.07, 6.45) is 1.46. The number of fused-ring (bicyclic) bond motifs is 1. The van der Waals surface area contributed by atoms with Crippen LogP contribution in [0, 0.1) is 13.8 Å². The monoisotopic (exact) mass is 470 g/mol. The minimum atomic E-state index is -0.387. The van der Waals surface area contributed by atoms with Crippen LogP contribution in [0.15, 0.2) is 71.7 Å². The van der Waals surface area contributed by atoms with Gasteiger partial charge in [0.2, 0.25) is 11.3 Å². The number of aromatic nitrogens is 1. The number of methoxy groups -OCH3 is 2. The second-order valence-corrected chi connectivity index (χ2v) is 8.33. The van der Waals surface area contributed by atoms with E-state index >= 15 is 0 Å². The molecule has 3 aromatic carbocycles. The van der Waals surface area contributed by atoms with Gasteiger partial charge in [-0.1, -0.05) is 41.5 Å². The maximum Gasteiger partial charge on any atom is 0.244 e. The topological polar surface area (TPSA) is 86.6 Å². The normalized spacial score (nSPS) is 10.7. The van der Waals surface area contributed by atoms with Gasteiger partial charge in [0.05, 0.1) is 31.0 Å². The maximum absolute atomic E-state index is 13.3. The summed E-state index contributed by atoms with van der Waals surface area (Å²) in [7, 11) is 3.05. The zero-order valence-electron chi connectivity index (χ0n) is 20.0. The third kappa shape index (κ3) is 4.94. The molecule has 0 saturated heterocycles. The number of benzene rings is 3. The zero-order valence-corrected chi connectivity index (χ0v) is 20.0. The molecule has 0 saturated carbocycles. The second-order valence-electron chi connectivity index (χ2n) is 8.33. The standard InChI is InChI=1S/C28H26N2O5/c1-17-5-8-19(9-6-17)27(32)22-15-30(24-11-7-18(2)13-21(24)28(22)33)16-26(31)29-23-14-20(34-3)10-12-25(23)35-4/h5-15H,16H2,1-4H3,(H,29,31). The first-order valence-electron chi connectivity index (χ1n) is 11.1. The number of rotatable bonds is 7. The molecular weight excluding hydrogens is 444 g/mol. The number of anilines is 1. The van der Waals surface area contributed by atoms with Gasteiger partial charge in [0.1, 0.15) is 18.0 Å². The van der Waals surface area contributed by atoms with E-state index in [-0.39, 0.29) is 29.2 Å². The molecule has 1 amide bonds. The third-order valence-corrected chi connectivity index (χ3v) is 5.79. The third-order valence-electron chi connectivity index (χ3n) is 5.79. The first-order valence-corrected chi connectivity index (χ1v) is 11.1. The van der Waals surface area contributed by atoms with Crippen molar-refractivity contribution in [3.63, 3.8) is 0 Å². The van der Waals surface area contributed by atoms with Crippen LogP contribution in [0.2, 0.25) is 0 Å². The number of carbonyl (C=O) groups excluding carboxylic acids is 2. The lowest BCUT2D eigenvalue weighted by atomic mass is 10.0. The molecule has 1 aromatic heterocycles. The van der Waals surface area contributed by atoms with Crippen molar-refractivity contribution in [1.29, 1.82) is 0 Å². The molecule has 4 aromatic rings. The molecule has 7 heteroatoms. The first-order chi connectivity index (χ1) is 16.8. The Bertz CT molecular complexity index is 1490. The largest absolute Gasteiger partial charge is 0.497 e. The fraction of sp³-hybridized carbons (Fsp3) is 0.179. The number of aryl methyl sites for hydroxylation is 2. The van der Waals surface area contributed by atoms with Gasteiger partial charge in [-0.25, -0.2) is 0 Å². The Morgan fingerprint density at radius 2 is 1.60 bits per heavy atom. The summed E-state index contributed by atoms with van der Waals surface area (Å²) >= 11 is 0. The highest BCUT2D eigenvalue weighted by atomic mass is 16.5. The first kappa shape index (κ1) is 23.8. The highest BCUT2D eigenvalue weighted by Gasteiger charge is 2.19. The number of carbonyl (C=O) groups is 2. The van der Waals surface area contributed by atoms with E-state index in [2.05, 4.69) is 5.32 Å². The van der Waals surface area contributed by atoms with Crippen molar-refractivity contribution in [2.24, 2.45) is 0 Å². The Morgan fingerprint density at radius 1 is 0.886 bits per heavy atom. The van der Waals surface area contributed by atoms with Gasteiger partial charge in [0.25, 0.3) is 0 Å². The minimum absolute atomic E-state index is 0.0127. The van der Waals surface area contributed by atoms with E-state index < -0.39 is 0 Å². The van der Waals surface area contributed by atoms with E-state index in [4.69, 9.17) is 9.47 Å². The molecule has 0 atom stereocenters. The molecule has 0 unspecified atom stereocenters. The average Bonchev–Trinajstić information content (AvgIpc) is 2.85. The molecule has 0 bridgehead atoms. The van der Waals surface area contributed by atoms with E-state index in [1.807, 2.05) is 32.0 Å². The number of amides is 1. The molecule has 7 nitrogen and oxygen atoms in total. The van der Waals surface area contributed by atoms with Crippen LogP contribution >= 0.6 is 0 Å². The van der Waals surface area contributed by atoms with Gasteiger partial charge in [-0.2, -0.15) is 0 Å². The zero-order chi connectivity index (χ0) is 25.1. The van der Waals surface area contributed by atoms with Gasteiger partial charge < -0.3 is 19.4 Å². The lowest BCUT2D eigenvalue weighted by molar-refractivity contribution is -0.116. The molecule has 0 aliphatic rings. The molecule has 0 radical (unpaired) electrons. The molecule has 178 valence electrons. The molecule has 0 spiro atoms. The molecule has 0 aliphatic carbocycles. The Balaban J connectivity index is 1.75. The molecule has 4 rings (SSSR count). The van der Waals surface area contributed by atoms with Crippen LogP contribution in [-0.2, 0) is 11.3 Å². The fourth-order valence-electron chi connectivity index (χ4n) is 3.92. The maximum atomic E-state index is 13.3. The van der Waals surface area contributed by atoms with Crippen LogP contribution < -0.4 is 20.2 Å². The van der Waals surface area contributed by atoms with E-state index in [1.165, 1.54) is 20.4 Å². The summed E-state index contributed by atoms with van der Waals surface area (Å²) in [6, 6.07) is 17.5. The number of pyridine rings is 1. The highest BCUT2D eigenvalue weighted by Crippen LogP contribution is 2.29. The van der Waals surface area contributed by atoms with Gasteiger partial charge in [-0.15, -0.1) is 0 Å². The van der Waals surface area contributed by atoms with Crippen molar-refractivity contribution in [3.05, 3.63) is 99.3 Å². The Kier molecular flexibility index (Phi) is 6.68. The molecule has 1 N–H and O–H groups in total. The van der Waals surface area contributed by atoms with Gasteiger partial charge in [-0.05, 0) is 38.1 Å². The Morgan fingerprint density at radius 3 is 2.29 bits per heavy atom. The summed E-state index contributed by atoms with van der Waals surface area (Å²) in [4.78, 5) is 39.6. The van der Waals surface area contributed by atoms with E-state index in [9.17, 15) is 14.4 Å². The minimum Gasteiger partial charge on any atom is -0.497 e. The van der Waals surface area contributed by atoms with E-state index in [1.54, 1.807) is 47.0 Å². The van der Waals surface area contributed by atoms with Crippen LogP contribution in [0.25, 0.3) is 10.9 Å². The van der Waals surface area contributed by atoms with Gasteiger partial charge in [0, 0.05) is 23.2 Å². The van der Waals surface area contributed by atoms with Crippen LogP contribution in [0.3, 0.4) is 0 Å². The highest BCUT2D eigenvalue weighted by molar-refractivity contribution is 6.10. The predicted octanol–water partition coefficient (Wildman–Crippen LogP) is 4.51. The van der Waals surface area contributed by atoms with Gasteiger partial charge in [-0.3, -0.25) is 14.4 Å². The van der Waals surface area contributed by atoms with Crippen LogP contribution in [0.1, 0.15) is 27.0 Å². The number of ether oxygens (including phenoxy) is 2. The predicted molar refractivity (Wildman–Crippen MR) is 136 cm³/mol. The van der Waals surface area contributed by atoms with Crippen molar-refractivity contribution in [3.8, 4) is 11.5 Å². The average molecular weight is 471 g/mol. The van der Waals surface area contributed by atoms with Crippen molar-refractivity contribution < 1.29 is 19.1 Å². The van der Waals surface area contributed by atoms with Crippen LogP contribution in [-0.4, -0.2) is 30.5 Å². The number of hydrogen-bond acceptors (Lipinski definition) is 5. The number of hydrogen-bond donors (Lipinski definition) is 1. The number of nitrogens with one attached hydrogen (secondary N) is 1. The molecule has 0 fully saturated rings. The summed E-state index contributed by atoms with van der Waals surface area (Å²) in [6.45, 7) is 3.68. The summed E-state index contributed by atoms with van der Waals surface area (Å²) in [5.41, 5.74) is 2.98. The molecule has 1 heterocycles. The van der Waals surface area contributed by atoms with Gasteiger partial charge in [0.15, 0.2) is 5.78 Å². The Hall–Kier alpha value is -4.39. The van der Waals surface area contributed by atoms with Crippen molar-refractivity contribution in [2.45, 2.75) is 20.4 Å². The molecular formula is C28H26N2O5. The van der Waals surface area contributed by atoms with Crippen LogP contribution in [0.5, 0.6) is 11.5 Å². The summed E-state index contributed by atoms with van der Waals surface area (Å²) in [5, 5.41) is 3.22. The summed E-state index contributed by atoms with van der Waals surface area (Å²) < 4.78 is 12.2. The quantitative estimate of drug-likeness (QED) is 0.402. The number of nitrogens with zero attached hydrogens (tertiary/aromatic N) is 1. The van der Waals surface area contributed by atoms with Crippen molar-refractivity contribution in [2.75, 3.05) is 19.5 Å². The molecule has 35 heavy (non-hydrogen) atoms. The van der Waals surface area contributed by atoms with Gasteiger partial charge >= 0.3 is 0 Å². The van der Waals surface area contributed by atoms with Crippen molar-refractivity contribution >= 4 is 28.3 Å².